The maximum Gasteiger partial charge on any atom is 0.242 e. The molecular weight excluding hydrogens is 308 g/mol. The lowest BCUT2D eigenvalue weighted by Gasteiger charge is -2.14. The number of nitrogens with two attached hydrogens (primary N) is 1. The Bertz CT molecular complexity index is 677. The molecule has 1 aliphatic carbocycles. The van der Waals surface area contributed by atoms with Crippen LogP contribution in [0.2, 0.25) is 5.02 Å². The van der Waals surface area contributed by atoms with E-state index < -0.39 is 10.0 Å². The first-order chi connectivity index (χ1) is 9.92. The molecule has 0 aliphatic heterocycles. The Morgan fingerprint density at radius 3 is 2.76 bits per heavy atom. The van der Waals surface area contributed by atoms with Gasteiger partial charge in [0.15, 0.2) is 0 Å². The molecule has 0 aromatic heterocycles. The van der Waals surface area contributed by atoms with E-state index >= 15 is 0 Å². The van der Waals surface area contributed by atoms with Gasteiger partial charge < -0.3 is 5.73 Å². The second-order valence-electron chi connectivity index (χ2n) is 5.39. The monoisotopic (exact) mass is 326 g/mol. The van der Waals surface area contributed by atoms with Gasteiger partial charge >= 0.3 is 0 Å². The zero-order valence-corrected chi connectivity index (χ0v) is 13.5. The van der Waals surface area contributed by atoms with Crippen LogP contribution in [0.15, 0.2) is 23.1 Å². The molecular formula is C15H19ClN2O2S. The van der Waals surface area contributed by atoms with Crippen LogP contribution in [0, 0.1) is 17.8 Å². The van der Waals surface area contributed by atoms with Crippen LogP contribution in [-0.2, 0) is 10.0 Å². The number of hydrogen-bond acceptors (Lipinski definition) is 3. The van der Waals surface area contributed by atoms with Crippen LogP contribution in [-0.4, -0.2) is 21.0 Å². The van der Waals surface area contributed by atoms with E-state index in [2.05, 4.69) is 23.5 Å². The second-order valence-corrected chi connectivity index (χ2v) is 7.48. The van der Waals surface area contributed by atoms with Crippen LogP contribution in [0.4, 0.5) is 0 Å². The number of halogens is 1. The van der Waals surface area contributed by atoms with E-state index in [-0.39, 0.29) is 22.5 Å². The predicted molar refractivity (Wildman–Crippen MR) is 84.5 cm³/mol. The van der Waals surface area contributed by atoms with Crippen molar-refractivity contribution in [2.24, 2.45) is 11.7 Å². The van der Waals surface area contributed by atoms with Gasteiger partial charge in [-0.15, -0.1) is 0 Å². The highest BCUT2D eigenvalue weighted by Gasteiger charge is 2.27. The van der Waals surface area contributed by atoms with Crippen molar-refractivity contribution in [1.82, 2.24) is 4.72 Å². The number of benzene rings is 1. The minimum absolute atomic E-state index is 0.00206. The summed E-state index contributed by atoms with van der Waals surface area (Å²) >= 11 is 6.09. The zero-order chi connectivity index (χ0) is 15.5. The van der Waals surface area contributed by atoms with Crippen LogP contribution in [0.1, 0.15) is 31.7 Å². The standard InChI is InChI=1S/C15H19ClN2O2S/c1-11-4-6-13(9-11)18-21(19,20)15-7-5-12(3-2-8-17)10-14(15)16/h5,7,10-11,13,18H,4,6,8-9,17H2,1H3. The van der Waals surface area contributed by atoms with Crippen molar-refractivity contribution in [3.63, 3.8) is 0 Å². The Balaban J connectivity index is 2.20. The number of rotatable bonds is 3. The van der Waals surface area contributed by atoms with Crippen LogP contribution in [0.25, 0.3) is 0 Å². The molecule has 3 N–H and O–H groups in total. The summed E-state index contributed by atoms with van der Waals surface area (Å²) in [5.74, 6) is 6.09. The fourth-order valence-electron chi connectivity index (χ4n) is 2.55. The summed E-state index contributed by atoms with van der Waals surface area (Å²) in [5.41, 5.74) is 5.96. The van der Waals surface area contributed by atoms with Gasteiger partial charge in [0.05, 0.1) is 11.6 Å². The molecule has 2 unspecified atom stereocenters. The van der Waals surface area contributed by atoms with Crippen LogP contribution >= 0.6 is 11.6 Å². The third kappa shape index (κ3) is 4.21. The van der Waals surface area contributed by atoms with E-state index in [4.69, 9.17) is 17.3 Å². The molecule has 2 atom stereocenters. The number of sulfonamides is 1. The first kappa shape index (κ1) is 16.3. The van der Waals surface area contributed by atoms with Crippen LogP contribution in [0.5, 0.6) is 0 Å². The fourth-order valence-corrected chi connectivity index (χ4v) is 4.37. The molecule has 0 saturated heterocycles. The van der Waals surface area contributed by atoms with Gasteiger partial charge in [0, 0.05) is 11.6 Å². The Labute approximate surface area is 131 Å². The molecule has 0 amide bonds. The van der Waals surface area contributed by atoms with Crippen molar-refractivity contribution >= 4 is 21.6 Å². The van der Waals surface area contributed by atoms with Crippen molar-refractivity contribution in [1.29, 1.82) is 0 Å². The first-order valence-corrected chi connectivity index (χ1v) is 8.79. The van der Waals surface area contributed by atoms with Crippen molar-refractivity contribution in [2.75, 3.05) is 6.54 Å². The van der Waals surface area contributed by atoms with E-state index in [1.165, 1.54) is 6.07 Å². The average Bonchev–Trinajstić information content (AvgIpc) is 2.80. The summed E-state index contributed by atoms with van der Waals surface area (Å²) in [6.45, 7) is 2.38. The lowest BCUT2D eigenvalue weighted by Crippen LogP contribution is -2.33. The molecule has 1 aliphatic rings. The van der Waals surface area contributed by atoms with E-state index in [0.29, 0.717) is 11.5 Å². The Hall–Kier alpha value is -1.06. The normalized spacial score (nSPS) is 21.9. The molecule has 1 saturated carbocycles. The maximum atomic E-state index is 12.4. The summed E-state index contributed by atoms with van der Waals surface area (Å²) in [5, 5.41) is 0.178. The third-order valence-electron chi connectivity index (χ3n) is 3.57. The third-order valence-corrected chi connectivity index (χ3v) is 5.58. The van der Waals surface area contributed by atoms with E-state index in [0.717, 1.165) is 19.3 Å². The smallest absolute Gasteiger partial charge is 0.242 e. The van der Waals surface area contributed by atoms with Gasteiger partial charge in [-0.1, -0.05) is 30.4 Å². The van der Waals surface area contributed by atoms with Crippen LogP contribution < -0.4 is 10.5 Å². The highest BCUT2D eigenvalue weighted by atomic mass is 35.5. The lowest BCUT2D eigenvalue weighted by molar-refractivity contribution is 0.538. The van der Waals surface area contributed by atoms with Gasteiger partial charge in [-0.3, -0.25) is 0 Å². The average molecular weight is 327 g/mol. The molecule has 114 valence electrons. The molecule has 2 rings (SSSR count). The molecule has 21 heavy (non-hydrogen) atoms. The van der Waals surface area contributed by atoms with E-state index in [9.17, 15) is 8.42 Å². The topological polar surface area (TPSA) is 72.2 Å². The number of nitrogens with one attached hydrogen (secondary N) is 1. The zero-order valence-electron chi connectivity index (χ0n) is 11.9. The quantitative estimate of drug-likeness (QED) is 0.836. The molecule has 0 heterocycles. The molecule has 1 fully saturated rings. The SMILES string of the molecule is CC1CCC(NS(=O)(=O)c2ccc(C#CCN)cc2Cl)C1. The Morgan fingerprint density at radius 1 is 1.43 bits per heavy atom. The van der Waals surface area contributed by atoms with Gasteiger partial charge in [-0.2, -0.15) is 0 Å². The van der Waals surface area contributed by atoms with E-state index in [1.807, 2.05) is 0 Å². The largest absolute Gasteiger partial charge is 0.320 e. The second kappa shape index (κ2) is 6.80. The summed E-state index contributed by atoms with van der Waals surface area (Å²) in [7, 11) is -3.59. The number of hydrogen-bond donors (Lipinski definition) is 2. The Morgan fingerprint density at radius 2 is 2.19 bits per heavy atom. The minimum atomic E-state index is -3.59. The van der Waals surface area contributed by atoms with Gasteiger partial charge in [-0.05, 0) is 43.4 Å². The molecule has 0 bridgehead atoms. The fraction of sp³-hybridized carbons (Fsp3) is 0.467. The first-order valence-electron chi connectivity index (χ1n) is 6.93. The van der Waals surface area contributed by atoms with Gasteiger partial charge in [0.1, 0.15) is 4.90 Å². The lowest BCUT2D eigenvalue weighted by atomic mass is 10.1. The van der Waals surface area contributed by atoms with E-state index in [1.54, 1.807) is 12.1 Å². The highest BCUT2D eigenvalue weighted by Crippen LogP contribution is 2.28. The van der Waals surface area contributed by atoms with Crippen molar-refractivity contribution in [3.05, 3.63) is 28.8 Å². The maximum absolute atomic E-state index is 12.4. The van der Waals surface area contributed by atoms with Crippen molar-refractivity contribution in [3.8, 4) is 11.8 Å². The summed E-state index contributed by atoms with van der Waals surface area (Å²) in [6.07, 6.45) is 2.80. The van der Waals surface area contributed by atoms with Gasteiger partial charge in [0.2, 0.25) is 10.0 Å². The summed E-state index contributed by atoms with van der Waals surface area (Å²) in [6, 6.07) is 4.68. The minimum Gasteiger partial charge on any atom is -0.320 e. The van der Waals surface area contributed by atoms with Gasteiger partial charge in [-0.25, -0.2) is 13.1 Å². The van der Waals surface area contributed by atoms with Crippen molar-refractivity contribution in [2.45, 2.75) is 37.1 Å². The van der Waals surface area contributed by atoms with Crippen molar-refractivity contribution < 1.29 is 8.42 Å². The summed E-state index contributed by atoms with van der Waals surface area (Å²) in [4.78, 5) is 0.0991. The molecule has 1 aromatic carbocycles. The Kier molecular flexibility index (Phi) is 5.28. The predicted octanol–water partition coefficient (Wildman–Crippen LogP) is 2.12. The summed E-state index contributed by atoms with van der Waals surface area (Å²) < 4.78 is 27.5. The molecule has 1 aromatic rings. The van der Waals surface area contributed by atoms with Crippen LogP contribution in [0.3, 0.4) is 0 Å². The highest BCUT2D eigenvalue weighted by molar-refractivity contribution is 7.89. The molecule has 4 nitrogen and oxygen atoms in total. The molecule has 6 heteroatoms. The van der Waals surface area contributed by atoms with Gasteiger partial charge in [0.25, 0.3) is 0 Å². The molecule has 0 spiro atoms. The molecule has 0 radical (unpaired) electrons.